The van der Waals surface area contributed by atoms with Crippen molar-refractivity contribution in [2.24, 2.45) is 5.92 Å². The number of piperidine rings is 1. The molecular weight excluding hydrogens is 492 g/mol. The van der Waals surface area contributed by atoms with Crippen LogP contribution >= 0.6 is 0 Å². The van der Waals surface area contributed by atoms with Gasteiger partial charge in [0.05, 0.1) is 5.69 Å². The van der Waals surface area contributed by atoms with Crippen LogP contribution in [0.2, 0.25) is 0 Å². The zero-order valence-electron chi connectivity index (χ0n) is 22.1. The van der Waals surface area contributed by atoms with E-state index in [1.807, 2.05) is 59.6 Å². The molecule has 2 aliphatic heterocycles. The van der Waals surface area contributed by atoms with E-state index >= 15 is 0 Å². The predicted octanol–water partition coefficient (Wildman–Crippen LogP) is 3.14. The number of imidazole rings is 1. The Balaban J connectivity index is 1.08. The molecule has 0 radical (unpaired) electrons. The Morgan fingerprint density at radius 2 is 1.62 bits per heavy atom. The van der Waals surface area contributed by atoms with E-state index in [9.17, 15) is 14.4 Å². The van der Waals surface area contributed by atoms with Crippen molar-refractivity contribution in [3.8, 4) is 11.3 Å². The van der Waals surface area contributed by atoms with Crippen molar-refractivity contribution < 1.29 is 9.59 Å². The molecule has 3 aliphatic rings. The molecule has 39 heavy (non-hydrogen) atoms. The summed E-state index contributed by atoms with van der Waals surface area (Å²) in [6, 6.07) is 19.2. The molecule has 9 nitrogen and oxygen atoms in total. The fraction of sp³-hybridized carbons (Fsp3) is 0.433. The molecule has 2 saturated heterocycles. The lowest BCUT2D eigenvalue weighted by Crippen LogP contribution is -2.55. The Kier molecular flexibility index (Phi) is 7.24. The van der Waals surface area contributed by atoms with Crippen LogP contribution in [0.25, 0.3) is 11.3 Å². The van der Waals surface area contributed by atoms with Crippen LogP contribution in [0.3, 0.4) is 0 Å². The van der Waals surface area contributed by atoms with E-state index < -0.39 is 6.04 Å². The number of hydrogen-bond donors (Lipinski definition) is 3. The first kappa shape index (κ1) is 25.4. The maximum absolute atomic E-state index is 13.5. The van der Waals surface area contributed by atoms with E-state index in [4.69, 9.17) is 0 Å². The number of nitrogens with zero attached hydrogens (tertiary/aromatic N) is 3. The van der Waals surface area contributed by atoms with Gasteiger partial charge in [-0.1, -0.05) is 60.7 Å². The number of urea groups is 1. The van der Waals surface area contributed by atoms with E-state index in [1.165, 1.54) is 0 Å². The summed E-state index contributed by atoms with van der Waals surface area (Å²) >= 11 is 0. The fourth-order valence-corrected chi connectivity index (χ4v) is 5.77. The van der Waals surface area contributed by atoms with E-state index in [1.54, 1.807) is 9.47 Å². The van der Waals surface area contributed by atoms with Crippen molar-refractivity contribution in [3.63, 3.8) is 0 Å². The van der Waals surface area contributed by atoms with E-state index in [2.05, 4.69) is 27.8 Å². The Morgan fingerprint density at radius 1 is 0.923 bits per heavy atom. The van der Waals surface area contributed by atoms with Gasteiger partial charge in [-0.05, 0) is 42.7 Å². The minimum absolute atomic E-state index is 0.0108. The molecule has 1 aliphatic carbocycles. The lowest BCUT2D eigenvalue weighted by atomic mass is 10.1. The maximum Gasteiger partial charge on any atom is 0.326 e. The first-order chi connectivity index (χ1) is 19.0. The summed E-state index contributed by atoms with van der Waals surface area (Å²) in [4.78, 5) is 46.1. The average molecular weight is 529 g/mol. The van der Waals surface area contributed by atoms with E-state index in [0.717, 1.165) is 36.2 Å². The molecule has 3 aromatic rings. The molecule has 1 aromatic heterocycles. The predicted molar refractivity (Wildman–Crippen MR) is 149 cm³/mol. The quantitative estimate of drug-likeness (QED) is 0.458. The number of nitrogens with one attached hydrogen (secondary N) is 3. The number of benzene rings is 2. The summed E-state index contributed by atoms with van der Waals surface area (Å²) in [5, 5.41) is 6.55. The number of rotatable bonds is 6. The normalized spacial score (nSPS) is 22.5. The van der Waals surface area contributed by atoms with Crippen LogP contribution in [0.4, 0.5) is 4.79 Å². The van der Waals surface area contributed by atoms with Crippen molar-refractivity contribution in [1.29, 1.82) is 0 Å². The first-order valence-corrected chi connectivity index (χ1v) is 14.0. The standard InChI is InChI=1S/C30H36N6O3/c37-28-25(17-31-26(22-7-3-1-4-8-22)19-35(28)18-21-11-12-21)32-29(38)34-15-13-24(14-16-34)36-20-27(33-30(36)39)23-9-5-2-6-10-23/h1-10,20-21,24-26,31H,11-19H2,(H,32,38)(H,33,39)/t25-,26-/m0/s1. The SMILES string of the molecule is O=C(N[C@H]1CN[C@H](c2ccccc2)CN(CC2CC2)C1=O)N1CCC(n2cc(-c3ccccc3)[nH]c2=O)CC1. The minimum Gasteiger partial charge on any atom is -0.339 e. The third-order valence-corrected chi connectivity index (χ3v) is 8.23. The molecule has 2 aromatic carbocycles. The summed E-state index contributed by atoms with van der Waals surface area (Å²) in [6.45, 7) is 2.80. The zero-order chi connectivity index (χ0) is 26.8. The van der Waals surface area contributed by atoms with Crippen LogP contribution < -0.4 is 16.3 Å². The zero-order valence-corrected chi connectivity index (χ0v) is 22.1. The molecule has 2 atom stereocenters. The number of aromatic amines is 1. The van der Waals surface area contributed by atoms with Crippen LogP contribution in [0.5, 0.6) is 0 Å². The number of carbonyl (C=O) groups is 2. The van der Waals surface area contributed by atoms with Gasteiger partial charge in [-0.3, -0.25) is 9.36 Å². The molecule has 3 N–H and O–H groups in total. The third-order valence-electron chi connectivity index (χ3n) is 8.23. The average Bonchev–Trinajstić information content (AvgIpc) is 3.74. The summed E-state index contributed by atoms with van der Waals surface area (Å²) in [7, 11) is 0. The molecule has 204 valence electrons. The van der Waals surface area contributed by atoms with Crippen LogP contribution in [0.1, 0.15) is 43.3 Å². The Morgan fingerprint density at radius 3 is 2.31 bits per heavy atom. The van der Waals surface area contributed by atoms with Gasteiger partial charge in [-0.25, -0.2) is 9.59 Å². The number of hydrogen-bond acceptors (Lipinski definition) is 4. The summed E-state index contributed by atoms with van der Waals surface area (Å²) in [5.74, 6) is 0.557. The highest BCUT2D eigenvalue weighted by Gasteiger charge is 2.36. The van der Waals surface area contributed by atoms with E-state index in [-0.39, 0.29) is 29.7 Å². The van der Waals surface area contributed by atoms with Gasteiger partial charge < -0.3 is 25.4 Å². The number of carbonyl (C=O) groups excluding carboxylic acids is 2. The molecule has 0 unspecified atom stereocenters. The molecule has 3 fully saturated rings. The molecule has 3 amide bonds. The molecular formula is C30H36N6O3. The van der Waals surface area contributed by atoms with Crippen molar-refractivity contribution in [1.82, 2.24) is 30.0 Å². The van der Waals surface area contributed by atoms with E-state index in [0.29, 0.717) is 44.9 Å². The summed E-state index contributed by atoms with van der Waals surface area (Å²) < 4.78 is 1.76. The van der Waals surface area contributed by atoms with Gasteiger partial charge in [0.1, 0.15) is 6.04 Å². The molecule has 0 bridgehead atoms. The number of likely N-dealkylation sites (tertiary alicyclic amines) is 1. The monoisotopic (exact) mass is 528 g/mol. The second-order valence-corrected chi connectivity index (χ2v) is 11.0. The van der Waals surface area contributed by atoms with Gasteiger partial charge in [0.25, 0.3) is 0 Å². The molecule has 1 saturated carbocycles. The second-order valence-electron chi connectivity index (χ2n) is 11.0. The topological polar surface area (TPSA) is 102 Å². The molecule has 0 spiro atoms. The summed E-state index contributed by atoms with van der Waals surface area (Å²) in [5.41, 5.74) is 2.79. The molecule has 9 heteroatoms. The number of H-pyrrole nitrogens is 1. The van der Waals surface area contributed by atoms with Gasteiger partial charge in [-0.2, -0.15) is 0 Å². The maximum atomic E-state index is 13.5. The summed E-state index contributed by atoms with van der Waals surface area (Å²) in [6.07, 6.45) is 5.57. The van der Waals surface area contributed by atoms with Crippen molar-refractivity contribution in [2.75, 3.05) is 32.7 Å². The van der Waals surface area contributed by atoms with Gasteiger partial charge in [0.2, 0.25) is 5.91 Å². The Labute approximate surface area is 228 Å². The van der Waals surface area contributed by atoms with Crippen LogP contribution in [-0.2, 0) is 4.79 Å². The van der Waals surface area contributed by atoms with Crippen LogP contribution in [0.15, 0.2) is 71.7 Å². The largest absolute Gasteiger partial charge is 0.339 e. The Bertz CT molecular complexity index is 1340. The highest BCUT2D eigenvalue weighted by Crippen LogP contribution is 2.31. The second kappa shape index (κ2) is 11.1. The third kappa shape index (κ3) is 5.78. The van der Waals surface area contributed by atoms with Crippen LogP contribution in [0, 0.1) is 5.92 Å². The lowest BCUT2D eigenvalue weighted by Gasteiger charge is -2.33. The number of amides is 3. The molecule has 3 heterocycles. The lowest BCUT2D eigenvalue weighted by molar-refractivity contribution is -0.132. The van der Waals surface area contributed by atoms with Crippen molar-refractivity contribution in [2.45, 2.75) is 43.8 Å². The first-order valence-electron chi connectivity index (χ1n) is 14.0. The van der Waals surface area contributed by atoms with Gasteiger partial charge in [0.15, 0.2) is 0 Å². The smallest absolute Gasteiger partial charge is 0.326 e. The van der Waals surface area contributed by atoms with Gasteiger partial charge in [0, 0.05) is 51.0 Å². The number of aromatic nitrogens is 2. The fourth-order valence-electron chi connectivity index (χ4n) is 5.77. The Hall–Kier alpha value is -3.85. The van der Waals surface area contributed by atoms with Crippen molar-refractivity contribution >= 4 is 11.9 Å². The van der Waals surface area contributed by atoms with Gasteiger partial charge >= 0.3 is 11.7 Å². The minimum atomic E-state index is -0.608. The van der Waals surface area contributed by atoms with Gasteiger partial charge in [-0.15, -0.1) is 0 Å². The molecule has 6 rings (SSSR count). The van der Waals surface area contributed by atoms with Crippen molar-refractivity contribution in [3.05, 3.63) is 82.9 Å². The highest BCUT2D eigenvalue weighted by molar-refractivity contribution is 5.87. The highest BCUT2D eigenvalue weighted by atomic mass is 16.2. The van der Waals surface area contributed by atoms with Crippen LogP contribution in [-0.4, -0.2) is 70.1 Å².